The Bertz CT molecular complexity index is 484. The van der Waals surface area contributed by atoms with E-state index in [-0.39, 0.29) is 0 Å². The number of para-hydroxylation sites is 1. The average molecular weight is 202 g/mol. The quantitative estimate of drug-likeness (QED) is 0.666. The SMILES string of the molecule is [C+]1=NN(c2nc3ccccc3s2)N=N1. The van der Waals surface area contributed by atoms with Crippen LogP contribution < -0.4 is 5.12 Å². The van der Waals surface area contributed by atoms with Crippen molar-refractivity contribution in [2.75, 3.05) is 5.12 Å². The lowest BCUT2D eigenvalue weighted by Crippen LogP contribution is -2.01. The third-order valence-electron chi connectivity index (χ3n) is 1.77. The van der Waals surface area contributed by atoms with Crippen molar-refractivity contribution in [2.24, 2.45) is 15.4 Å². The van der Waals surface area contributed by atoms with Crippen LogP contribution in [0.4, 0.5) is 5.13 Å². The summed E-state index contributed by atoms with van der Waals surface area (Å²) in [5.74, 6) is 0. The highest BCUT2D eigenvalue weighted by atomic mass is 32.1. The van der Waals surface area contributed by atoms with Gasteiger partial charge in [0.15, 0.2) is 5.11 Å². The summed E-state index contributed by atoms with van der Waals surface area (Å²) in [6.45, 7) is 0. The van der Waals surface area contributed by atoms with Crippen LogP contribution >= 0.6 is 11.3 Å². The van der Waals surface area contributed by atoms with E-state index < -0.39 is 0 Å². The molecule has 0 spiro atoms. The molecular weight excluding hydrogens is 198 g/mol. The molecule has 1 aromatic carbocycles. The monoisotopic (exact) mass is 202 g/mol. The van der Waals surface area contributed by atoms with Crippen molar-refractivity contribution in [2.45, 2.75) is 0 Å². The Hall–Kier alpha value is -1.91. The maximum atomic E-state index is 4.35. The summed E-state index contributed by atoms with van der Waals surface area (Å²) in [5, 5.41) is 13.1. The van der Waals surface area contributed by atoms with Gasteiger partial charge < -0.3 is 0 Å². The number of benzene rings is 1. The van der Waals surface area contributed by atoms with Gasteiger partial charge in [-0.05, 0) is 12.1 Å². The summed E-state index contributed by atoms with van der Waals surface area (Å²) in [6, 6.07) is 7.89. The Morgan fingerprint density at radius 1 is 1.29 bits per heavy atom. The van der Waals surface area contributed by atoms with Gasteiger partial charge in [-0.25, -0.2) is 4.98 Å². The van der Waals surface area contributed by atoms with Gasteiger partial charge >= 0.3 is 6.34 Å². The molecule has 0 bridgehead atoms. The van der Waals surface area contributed by atoms with Gasteiger partial charge in [-0.15, -0.1) is 0 Å². The minimum absolute atomic E-state index is 0.708. The number of hydrogen-bond acceptors (Lipinski definition) is 6. The zero-order valence-electron chi connectivity index (χ0n) is 6.95. The molecule has 5 nitrogen and oxygen atoms in total. The van der Waals surface area contributed by atoms with Crippen LogP contribution in [-0.2, 0) is 0 Å². The number of anilines is 1. The van der Waals surface area contributed by atoms with E-state index in [4.69, 9.17) is 0 Å². The number of rotatable bonds is 1. The van der Waals surface area contributed by atoms with Crippen molar-refractivity contribution in [1.82, 2.24) is 4.98 Å². The van der Waals surface area contributed by atoms with Crippen molar-refractivity contribution < 1.29 is 0 Å². The van der Waals surface area contributed by atoms with Crippen LogP contribution in [0, 0.1) is 0 Å². The van der Waals surface area contributed by atoms with Crippen LogP contribution in [-0.4, -0.2) is 11.3 Å². The lowest BCUT2D eigenvalue weighted by atomic mass is 10.3. The number of hydrazone groups is 1. The van der Waals surface area contributed by atoms with Crippen LogP contribution in [0.5, 0.6) is 0 Å². The van der Waals surface area contributed by atoms with Gasteiger partial charge in [0.2, 0.25) is 5.13 Å². The molecule has 0 atom stereocenters. The van der Waals surface area contributed by atoms with Crippen LogP contribution in [0.1, 0.15) is 0 Å². The number of nitrogens with zero attached hydrogens (tertiary/aromatic N) is 5. The van der Waals surface area contributed by atoms with E-state index >= 15 is 0 Å². The van der Waals surface area contributed by atoms with Gasteiger partial charge in [0.25, 0.3) is 0 Å². The molecule has 1 aliphatic rings. The molecule has 0 amide bonds. The average Bonchev–Trinajstić information content (AvgIpc) is 2.86. The standard InChI is InChI=1S/C8H4N5S/c1-2-4-7-6(3-1)11-8(14-7)13-10-5-9-12-13/h1-4H/q+1. The minimum Gasteiger partial charge on any atom is -0.217 e. The summed E-state index contributed by atoms with van der Waals surface area (Å²) in [5.41, 5.74) is 0.949. The van der Waals surface area contributed by atoms with Gasteiger partial charge in [0.05, 0.1) is 10.2 Å². The minimum atomic E-state index is 0.708. The Kier molecular flexibility index (Phi) is 1.50. The Morgan fingerprint density at radius 2 is 2.21 bits per heavy atom. The van der Waals surface area contributed by atoms with Crippen LogP contribution in [0.3, 0.4) is 0 Å². The normalized spacial score (nSPS) is 13.9. The molecule has 2 aromatic rings. The number of thiazole rings is 1. The highest BCUT2D eigenvalue weighted by molar-refractivity contribution is 7.22. The third kappa shape index (κ3) is 1.06. The van der Waals surface area contributed by atoms with Crippen LogP contribution in [0.15, 0.2) is 39.7 Å². The second kappa shape index (κ2) is 2.80. The zero-order valence-corrected chi connectivity index (χ0v) is 7.77. The molecule has 1 aromatic heterocycles. The first-order valence-corrected chi connectivity index (χ1v) is 4.77. The van der Waals surface area contributed by atoms with E-state index in [0.29, 0.717) is 5.13 Å². The third-order valence-corrected chi connectivity index (χ3v) is 2.77. The number of aromatic nitrogens is 1. The summed E-state index contributed by atoms with van der Waals surface area (Å²) in [7, 11) is 0. The van der Waals surface area contributed by atoms with Gasteiger partial charge in [0, 0.05) is 5.22 Å². The Morgan fingerprint density at radius 3 is 3.00 bits per heavy atom. The van der Waals surface area contributed by atoms with E-state index in [0.717, 1.165) is 10.2 Å². The van der Waals surface area contributed by atoms with Crippen molar-refractivity contribution >= 4 is 33.0 Å². The van der Waals surface area contributed by atoms with E-state index in [9.17, 15) is 0 Å². The fourth-order valence-electron chi connectivity index (χ4n) is 1.17. The molecule has 0 saturated heterocycles. The number of hydrogen-bond donors (Lipinski definition) is 0. The molecule has 6 heteroatoms. The highest BCUT2D eigenvalue weighted by Crippen LogP contribution is 2.29. The summed E-state index contributed by atoms with van der Waals surface area (Å²) in [4.78, 5) is 4.35. The Balaban J connectivity index is 2.14. The van der Waals surface area contributed by atoms with E-state index in [1.807, 2.05) is 24.3 Å². The van der Waals surface area contributed by atoms with E-state index in [2.05, 4.69) is 26.8 Å². The summed E-state index contributed by atoms with van der Waals surface area (Å²) >= 11 is 1.52. The first-order valence-electron chi connectivity index (χ1n) is 3.95. The van der Waals surface area contributed by atoms with Crippen LogP contribution in [0.25, 0.3) is 10.2 Å². The molecule has 0 saturated carbocycles. The molecule has 0 N–H and O–H groups in total. The lowest BCUT2D eigenvalue weighted by molar-refractivity contribution is 0.909. The smallest absolute Gasteiger partial charge is 0.217 e. The fraction of sp³-hybridized carbons (Fsp3) is 0. The van der Waals surface area contributed by atoms with E-state index in [1.165, 1.54) is 16.5 Å². The summed E-state index contributed by atoms with van der Waals surface area (Å²) < 4.78 is 1.11. The van der Waals surface area contributed by atoms with Crippen molar-refractivity contribution in [1.29, 1.82) is 0 Å². The molecule has 2 heterocycles. The van der Waals surface area contributed by atoms with Gasteiger partial charge in [-0.3, -0.25) is 0 Å². The largest absolute Gasteiger partial charge is 0.599 e. The second-order valence-corrected chi connectivity index (χ2v) is 3.65. The van der Waals surface area contributed by atoms with Gasteiger partial charge in [-0.2, -0.15) is 0 Å². The second-order valence-electron chi connectivity index (χ2n) is 2.64. The zero-order chi connectivity index (χ0) is 9.38. The first-order chi connectivity index (χ1) is 6.93. The maximum Gasteiger partial charge on any atom is 0.599 e. The molecule has 66 valence electrons. The van der Waals surface area contributed by atoms with E-state index in [1.54, 1.807) is 0 Å². The molecule has 0 fully saturated rings. The topological polar surface area (TPSA) is 53.2 Å². The van der Waals surface area contributed by atoms with Crippen molar-refractivity contribution in [3.8, 4) is 0 Å². The van der Waals surface area contributed by atoms with Crippen LogP contribution in [0.2, 0.25) is 0 Å². The molecule has 0 radical (unpaired) electrons. The van der Waals surface area contributed by atoms with Crippen molar-refractivity contribution in [3.05, 3.63) is 24.3 Å². The molecular formula is C8H4N5S+. The van der Waals surface area contributed by atoms with Gasteiger partial charge in [-0.1, -0.05) is 28.6 Å². The predicted octanol–water partition coefficient (Wildman–Crippen LogP) is 2.30. The molecule has 14 heavy (non-hydrogen) atoms. The predicted molar refractivity (Wildman–Crippen MR) is 54.4 cm³/mol. The van der Waals surface area contributed by atoms with Gasteiger partial charge in [0.1, 0.15) is 5.10 Å². The first kappa shape index (κ1) is 7.49. The summed E-state index contributed by atoms with van der Waals surface area (Å²) in [6.07, 6.45) is 2.39. The fourth-order valence-corrected chi connectivity index (χ4v) is 2.04. The number of fused-ring (bicyclic) bond motifs is 1. The molecule has 0 unspecified atom stereocenters. The molecule has 0 aliphatic carbocycles. The Labute approximate surface area is 83.4 Å². The maximum absolute atomic E-state index is 4.35. The lowest BCUT2D eigenvalue weighted by Gasteiger charge is -1.92. The molecule has 1 aliphatic heterocycles. The highest BCUT2D eigenvalue weighted by Gasteiger charge is 2.20. The van der Waals surface area contributed by atoms with Crippen molar-refractivity contribution in [3.63, 3.8) is 0 Å². The molecule has 3 rings (SSSR count).